The van der Waals surface area contributed by atoms with Crippen LogP contribution in [0.25, 0.3) is 0 Å². The van der Waals surface area contributed by atoms with Gasteiger partial charge in [-0.25, -0.2) is 0 Å². The Hall–Kier alpha value is -1.80. The van der Waals surface area contributed by atoms with Crippen LogP contribution in [-0.2, 0) is 6.42 Å². The molecule has 0 saturated carbocycles. The molecule has 0 aliphatic rings. The maximum Gasteiger partial charge on any atom is 0.119 e. The Balaban J connectivity index is 1.95. The fourth-order valence-corrected chi connectivity index (χ4v) is 1.80. The lowest BCUT2D eigenvalue weighted by Crippen LogP contribution is -2.27. The Labute approximate surface area is 114 Å². The molecule has 19 heavy (non-hydrogen) atoms. The zero-order valence-electron chi connectivity index (χ0n) is 11.5. The zero-order valence-corrected chi connectivity index (χ0v) is 11.5. The van der Waals surface area contributed by atoms with E-state index in [2.05, 4.69) is 36.4 Å². The van der Waals surface area contributed by atoms with Gasteiger partial charge in [0.05, 0.1) is 5.60 Å². The van der Waals surface area contributed by atoms with Crippen molar-refractivity contribution >= 4 is 0 Å². The minimum atomic E-state index is -0.803. The summed E-state index contributed by atoms with van der Waals surface area (Å²) in [4.78, 5) is 0. The lowest BCUT2D eigenvalue weighted by Gasteiger charge is -2.17. The van der Waals surface area contributed by atoms with Crippen LogP contribution in [0.5, 0.6) is 5.75 Å². The van der Waals surface area contributed by atoms with Crippen LogP contribution in [0.1, 0.15) is 25.0 Å². The summed E-state index contributed by atoms with van der Waals surface area (Å²) in [5.41, 5.74) is 1.75. The molecule has 100 valence electrons. The number of benzene rings is 2. The number of aliphatic hydroxyl groups is 1. The van der Waals surface area contributed by atoms with E-state index >= 15 is 0 Å². The summed E-state index contributed by atoms with van der Waals surface area (Å²) >= 11 is 0. The summed E-state index contributed by atoms with van der Waals surface area (Å²) in [7, 11) is 0. The number of rotatable bonds is 5. The van der Waals surface area contributed by atoms with E-state index in [1.165, 1.54) is 11.1 Å². The maximum absolute atomic E-state index is 9.60. The molecule has 2 heteroatoms. The van der Waals surface area contributed by atoms with Gasteiger partial charge in [0.25, 0.3) is 0 Å². The highest BCUT2D eigenvalue weighted by molar-refractivity contribution is 5.31. The highest BCUT2D eigenvalue weighted by atomic mass is 16.5. The van der Waals surface area contributed by atoms with E-state index < -0.39 is 5.60 Å². The van der Waals surface area contributed by atoms with Crippen molar-refractivity contribution in [2.75, 3.05) is 6.61 Å². The second-order valence-corrected chi connectivity index (χ2v) is 5.41. The minimum Gasteiger partial charge on any atom is -0.491 e. The fourth-order valence-electron chi connectivity index (χ4n) is 1.80. The van der Waals surface area contributed by atoms with Gasteiger partial charge in [0.1, 0.15) is 12.4 Å². The summed E-state index contributed by atoms with van der Waals surface area (Å²) in [6.07, 6.45) is 0.923. The quantitative estimate of drug-likeness (QED) is 0.888. The molecule has 0 aliphatic heterocycles. The first kappa shape index (κ1) is 13.6. The van der Waals surface area contributed by atoms with Crippen LogP contribution in [0.3, 0.4) is 0 Å². The van der Waals surface area contributed by atoms with Crippen molar-refractivity contribution in [2.24, 2.45) is 0 Å². The molecule has 0 amide bonds. The standard InChI is InChI=1S/C17H20O2/c1-17(2,18)13-19-16-10-8-15(9-11-16)12-14-6-4-3-5-7-14/h3-11,18H,12-13H2,1-2H3. The van der Waals surface area contributed by atoms with E-state index in [1.54, 1.807) is 13.8 Å². The maximum atomic E-state index is 9.60. The third-order valence-electron chi connectivity index (χ3n) is 2.77. The minimum absolute atomic E-state index is 0.297. The van der Waals surface area contributed by atoms with E-state index in [0.717, 1.165) is 12.2 Å². The van der Waals surface area contributed by atoms with Crippen LogP contribution < -0.4 is 4.74 Å². The summed E-state index contributed by atoms with van der Waals surface area (Å²) in [5.74, 6) is 0.791. The molecular formula is C17H20O2. The monoisotopic (exact) mass is 256 g/mol. The zero-order chi connectivity index (χ0) is 13.7. The van der Waals surface area contributed by atoms with Gasteiger partial charge in [0.2, 0.25) is 0 Å². The largest absolute Gasteiger partial charge is 0.491 e. The van der Waals surface area contributed by atoms with Crippen LogP contribution in [0, 0.1) is 0 Å². The average Bonchev–Trinajstić information content (AvgIpc) is 2.38. The predicted molar refractivity (Wildman–Crippen MR) is 77.5 cm³/mol. The van der Waals surface area contributed by atoms with Crippen molar-refractivity contribution in [2.45, 2.75) is 25.9 Å². The second-order valence-electron chi connectivity index (χ2n) is 5.41. The molecule has 0 fully saturated rings. The number of ether oxygens (including phenoxy) is 1. The van der Waals surface area contributed by atoms with E-state index in [4.69, 9.17) is 4.74 Å². The van der Waals surface area contributed by atoms with Crippen molar-refractivity contribution < 1.29 is 9.84 Å². The molecule has 0 radical (unpaired) electrons. The van der Waals surface area contributed by atoms with Gasteiger partial charge in [-0.2, -0.15) is 0 Å². The SMILES string of the molecule is CC(C)(O)COc1ccc(Cc2ccccc2)cc1. The molecule has 2 nitrogen and oxygen atoms in total. The van der Waals surface area contributed by atoms with Gasteiger partial charge in [-0.05, 0) is 43.5 Å². The smallest absolute Gasteiger partial charge is 0.119 e. The van der Waals surface area contributed by atoms with Crippen molar-refractivity contribution in [3.63, 3.8) is 0 Å². The van der Waals surface area contributed by atoms with Crippen molar-refractivity contribution in [1.82, 2.24) is 0 Å². The van der Waals surface area contributed by atoms with Gasteiger partial charge in [0, 0.05) is 0 Å². The van der Waals surface area contributed by atoms with Gasteiger partial charge in [0.15, 0.2) is 0 Å². The van der Waals surface area contributed by atoms with E-state index in [9.17, 15) is 5.11 Å². The molecule has 0 saturated heterocycles. The second kappa shape index (κ2) is 5.89. The molecule has 0 unspecified atom stereocenters. The highest BCUT2D eigenvalue weighted by Crippen LogP contribution is 2.16. The van der Waals surface area contributed by atoms with Crippen LogP contribution in [-0.4, -0.2) is 17.3 Å². The predicted octanol–water partition coefficient (Wildman–Crippen LogP) is 3.43. The van der Waals surface area contributed by atoms with Crippen LogP contribution in [0.4, 0.5) is 0 Å². The lowest BCUT2D eigenvalue weighted by molar-refractivity contribution is 0.0285. The molecule has 2 aromatic rings. The first-order valence-electron chi connectivity index (χ1n) is 6.51. The molecule has 0 atom stereocenters. The molecule has 0 aromatic heterocycles. The summed E-state index contributed by atoms with van der Waals surface area (Å²) in [6.45, 7) is 3.76. The fraction of sp³-hybridized carbons (Fsp3) is 0.294. The lowest BCUT2D eigenvalue weighted by atomic mass is 10.1. The molecule has 2 rings (SSSR count). The topological polar surface area (TPSA) is 29.5 Å². The Morgan fingerprint density at radius 2 is 1.47 bits per heavy atom. The Morgan fingerprint density at radius 1 is 0.895 bits per heavy atom. The van der Waals surface area contributed by atoms with Crippen LogP contribution in [0.15, 0.2) is 54.6 Å². The Morgan fingerprint density at radius 3 is 2.05 bits per heavy atom. The first-order valence-corrected chi connectivity index (χ1v) is 6.51. The van der Waals surface area contributed by atoms with E-state index in [-0.39, 0.29) is 0 Å². The summed E-state index contributed by atoms with van der Waals surface area (Å²) in [5, 5.41) is 9.60. The van der Waals surface area contributed by atoms with Gasteiger partial charge in [-0.3, -0.25) is 0 Å². The van der Waals surface area contributed by atoms with Gasteiger partial charge >= 0.3 is 0 Å². The third-order valence-corrected chi connectivity index (χ3v) is 2.77. The number of hydrogen-bond acceptors (Lipinski definition) is 2. The molecule has 2 aromatic carbocycles. The Kier molecular flexibility index (Phi) is 4.23. The molecule has 0 aliphatic carbocycles. The Bertz CT molecular complexity index is 495. The normalized spacial score (nSPS) is 11.3. The molecule has 0 bridgehead atoms. The van der Waals surface area contributed by atoms with Crippen molar-refractivity contribution in [1.29, 1.82) is 0 Å². The third kappa shape index (κ3) is 4.76. The van der Waals surface area contributed by atoms with Crippen LogP contribution >= 0.6 is 0 Å². The molecule has 0 heterocycles. The van der Waals surface area contributed by atoms with Gasteiger partial charge in [-0.1, -0.05) is 42.5 Å². The number of hydrogen-bond donors (Lipinski definition) is 1. The molecule has 1 N–H and O–H groups in total. The average molecular weight is 256 g/mol. The van der Waals surface area contributed by atoms with E-state index in [1.807, 2.05) is 18.2 Å². The molecule has 0 spiro atoms. The highest BCUT2D eigenvalue weighted by Gasteiger charge is 2.13. The van der Waals surface area contributed by atoms with Crippen molar-refractivity contribution in [3.8, 4) is 5.75 Å². The van der Waals surface area contributed by atoms with Gasteiger partial charge < -0.3 is 9.84 Å². The first-order chi connectivity index (χ1) is 9.03. The van der Waals surface area contributed by atoms with Gasteiger partial charge in [-0.15, -0.1) is 0 Å². The van der Waals surface area contributed by atoms with E-state index in [0.29, 0.717) is 6.61 Å². The van der Waals surface area contributed by atoms with Crippen LogP contribution in [0.2, 0.25) is 0 Å². The van der Waals surface area contributed by atoms with Crippen molar-refractivity contribution in [3.05, 3.63) is 65.7 Å². The summed E-state index contributed by atoms with van der Waals surface area (Å²) < 4.78 is 5.53. The summed E-state index contributed by atoms with van der Waals surface area (Å²) in [6, 6.07) is 18.4. The molecular weight excluding hydrogens is 236 g/mol.